The molecular weight excluding hydrogens is 274 g/mol. The lowest BCUT2D eigenvalue weighted by Crippen LogP contribution is -2.35. The molecule has 0 N–H and O–H groups in total. The maximum absolute atomic E-state index is 11.9. The summed E-state index contributed by atoms with van der Waals surface area (Å²) in [5.41, 5.74) is 2.91. The quantitative estimate of drug-likeness (QED) is 0.632. The molecule has 3 nitrogen and oxygen atoms in total. The lowest BCUT2D eigenvalue weighted by Gasteiger charge is -2.28. The van der Waals surface area contributed by atoms with E-state index in [-0.39, 0.29) is 12.5 Å². The fourth-order valence-electron chi connectivity index (χ4n) is 2.21. The summed E-state index contributed by atoms with van der Waals surface area (Å²) in [6.45, 7) is 2.22. The summed E-state index contributed by atoms with van der Waals surface area (Å²) in [4.78, 5) is 13.5. The number of terminal acetylenes is 1. The van der Waals surface area contributed by atoms with E-state index in [0.29, 0.717) is 6.42 Å². The van der Waals surface area contributed by atoms with E-state index in [2.05, 4.69) is 5.92 Å². The second kappa shape index (κ2) is 6.02. The van der Waals surface area contributed by atoms with Crippen molar-refractivity contribution in [3.05, 3.63) is 35.4 Å². The molecule has 0 spiro atoms. The largest absolute Gasteiger partial charge is 0.481 e. The molecule has 1 aliphatic rings. The molecule has 0 saturated carbocycles. The molecule has 0 saturated heterocycles. The van der Waals surface area contributed by atoms with Crippen molar-refractivity contribution in [1.82, 2.24) is 4.90 Å². The Morgan fingerprint density at radius 3 is 2.95 bits per heavy atom. The predicted molar refractivity (Wildman–Crippen MR) is 80.5 cm³/mol. The topological polar surface area (TPSA) is 29.5 Å². The van der Waals surface area contributed by atoms with Gasteiger partial charge in [-0.2, -0.15) is 0 Å². The molecule has 0 aromatic heterocycles. The third-order valence-electron chi connectivity index (χ3n) is 3.27. The van der Waals surface area contributed by atoms with Gasteiger partial charge in [-0.05, 0) is 37.1 Å². The number of aryl methyl sites for hydroxylation is 1. The molecule has 20 heavy (non-hydrogen) atoms. The second-order valence-corrected chi connectivity index (χ2v) is 5.19. The number of halogens is 1. The number of alkyl halides is 1. The Bertz CT molecular complexity index is 601. The Morgan fingerprint density at radius 2 is 2.30 bits per heavy atom. The van der Waals surface area contributed by atoms with Gasteiger partial charge in [-0.25, -0.2) is 0 Å². The van der Waals surface area contributed by atoms with Crippen LogP contribution in [0.3, 0.4) is 0 Å². The number of ether oxygens (including phenoxy) is 1. The van der Waals surface area contributed by atoms with Gasteiger partial charge < -0.3 is 9.64 Å². The molecule has 104 valence electrons. The van der Waals surface area contributed by atoms with Gasteiger partial charge in [-0.3, -0.25) is 4.79 Å². The number of carbonyl (C=O) groups is 1. The Hall–Kier alpha value is -1.92. The third kappa shape index (κ3) is 2.81. The summed E-state index contributed by atoms with van der Waals surface area (Å²) < 4.78 is 5.39. The van der Waals surface area contributed by atoms with E-state index < -0.39 is 5.38 Å². The third-order valence-corrected chi connectivity index (χ3v) is 3.64. The van der Waals surface area contributed by atoms with Crippen molar-refractivity contribution in [2.75, 3.05) is 13.7 Å². The van der Waals surface area contributed by atoms with Crippen LogP contribution in [0.15, 0.2) is 24.3 Å². The summed E-state index contributed by atoms with van der Waals surface area (Å²) in [5, 5.41) is -0.470. The van der Waals surface area contributed by atoms with Crippen molar-refractivity contribution in [1.29, 1.82) is 0 Å². The Morgan fingerprint density at radius 1 is 1.55 bits per heavy atom. The highest BCUT2D eigenvalue weighted by Crippen LogP contribution is 2.30. The zero-order chi connectivity index (χ0) is 14.7. The van der Waals surface area contributed by atoms with Crippen molar-refractivity contribution in [2.45, 2.75) is 18.7 Å². The summed E-state index contributed by atoms with van der Waals surface area (Å²) in [7, 11) is 1.74. The van der Waals surface area contributed by atoms with E-state index >= 15 is 0 Å². The molecule has 2 rings (SSSR count). The van der Waals surface area contributed by atoms with Gasteiger partial charge in [0.2, 0.25) is 5.91 Å². The van der Waals surface area contributed by atoms with Gasteiger partial charge in [-0.15, -0.1) is 18.0 Å². The lowest BCUT2D eigenvalue weighted by atomic mass is 10.0. The summed E-state index contributed by atoms with van der Waals surface area (Å²) in [5.74, 6) is 3.08. The molecule has 1 aromatic carbocycles. The lowest BCUT2D eigenvalue weighted by molar-refractivity contribution is -0.126. The number of carbonyl (C=O) groups excluding carboxylic acids is 1. The van der Waals surface area contributed by atoms with Crippen molar-refractivity contribution in [3.63, 3.8) is 0 Å². The van der Waals surface area contributed by atoms with Gasteiger partial charge in [0.05, 0.1) is 0 Å². The molecule has 0 radical (unpaired) electrons. The summed E-state index contributed by atoms with van der Waals surface area (Å²) in [6, 6.07) is 5.70. The van der Waals surface area contributed by atoms with E-state index in [1.807, 2.05) is 31.2 Å². The first-order valence-electron chi connectivity index (χ1n) is 6.33. The molecule has 1 aliphatic heterocycles. The van der Waals surface area contributed by atoms with Crippen LogP contribution in [0.5, 0.6) is 5.75 Å². The van der Waals surface area contributed by atoms with Gasteiger partial charge in [-0.1, -0.05) is 12.0 Å². The first kappa shape index (κ1) is 14.5. The van der Waals surface area contributed by atoms with E-state index in [1.54, 1.807) is 11.9 Å². The van der Waals surface area contributed by atoms with Crippen LogP contribution in [-0.4, -0.2) is 29.8 Å². The van der Waals surface area contributed by atoms with E-state index in [0.717, 1.165) is 22.6 Å². The molecule has 4 heteroatoms. The predicted octanol–water partition coefficient (Wildman–Crippen LogP) is 2.82. The second-order valence-electron chi connectivity index (χ2n) is 4.66. The molecule has 1 unspecified atom stereocenters. The Labute approximate surface area is 124 Å². The van der Waals surface area contributed by atoms with E-state index in [1.165, 1.54) is 0 Å². The van der Waals surface area contributed by atoms with Gasteiger partial charge in [0.1, 0.15) is 17.7 Å². The molecule has 1 atom stereocenters. The highest BCUT2D eigenvalue weighted by Gasteiger charge is 2.27. The molecule has 1 amide bonds. The molecular formula is C16H16ClNO2. The Balaban J connectivity index is 2.30. The number of allylic oxidation sites excluding steroid dienone is 1. The molecule has 0 aliphatic carbocycles. The van der Waals surface area contributed by atoms with Crippen molar-refractivity contribution >= 4 is 23.2 Å². The number of hydrogen-bond donors (Lipinski definition) is 0. The van der Waals surface area contributed by atoms with Crippen LogP contribution in [0.4, 0.5) is 0 Å². The first-order valence-corrected chi connectivity index (χ1v) is 6.77. The van der Waals surface area contributed by atoms with Gasteiger partial charge in [0.25, 0.3) is 0 Å². The molecule has 1 aromatic rings. The standard InChI is InChI=1S/C16H16ClNO2/c1-4-9-20-12-5-6-13(11(2)10-12)15-8-7-14(17)16(19)18(15)3/h1,5-6,8,10,14H,7,9H2,2-3H3. The number of rotatable bonds is 3. The maximum atomic E-state index is 11.9. The van der Waals surface area contributed by atoms with Crippen molar-refractivity contribution in [2.24, 2.45) is 0 Å². The minimum absolute atomic E-state index is 0.0729. The van der Waals surface area contributed by atoms with Crippen LogP contribution in [0.1, 0.15) is 17.5 Å². The highest BCUT2D eigenvalue weighted by molar-refractivity contribution is 6.31. The Kier molecular flexibility index (Phi) is 4.36. The maximum Gasteiger partial charge on any atom is 0.245 e. The molecule has 1 heterocycles. The van der Waals surface area contributed by atoms with Crippen LogP contribution in [0.2, 0.25) is 0 Å². The fourth-order valence-corrected chi connectivity index (χ4v) is 2.45. The van der Waals surface area contributed by atoms with Crippen LogP contribution >= 0.6 is 11.6 Å². The van der Waals surface area contributed by atoms with E-state index in [9.17, 15) is 4.79 Å². The minimum Gasteiger partial charge on any atom is -0.481 e. The van der Waals surface area contributed by atoms with Crippen LogP contribution in [-0.2, 0) is 4.79 Å². The number of hydrogen-bond acceptors (Lipinski definition) is 2. The molecule has 0 fully saturated rings. The SMILES string of the molecule is C#CCOc1ccc(C2=CCC(Cl)C(=O)N2C)c(C)c1. The van der Waals surface area contributed by atoms with E-state index in [4.69, 9.17) is 22.8 Å². The number of amides is 1. The van der Waals surface area contributed by atoms with Crippen LogP contribution in [0.25, 0.3) is 5.70 Å². The smallest absolute Gasteiger partial charge is 0.245 e. The molecule has 0 bridgehead atoms. The van der Waals surface area contributed by atoms with Crippen LogP contribution < -0.4 is 4.74 Å². The number of benzene rings is 1. The van der Waals surface area contributed by atoms with Crippen LogP contribution in [0, 0.1) is 19.3 Å². The zero-order valence-corrected chi connectivity index (χ0v) is 12.3. The summed E-state index contributed by atoms with van der Waals surface area (Å²) in [6.07, 6.45) is 7.71. The average molecular weight is 290 g/mol. The van der Waals surface area contributed by atoms with Gasteiger partial charge in [0.15, 0.2) is 0 Å². The fraction of sp³-hybridized carbons (Fsp3) is 0.312. The first-order chi connectivity index (χ1) is 9.54. The zero-order valence-electron chi connectivity index (χ0n) is 11.5. The normalized spacial score (nSPS) is 18.5. The van der Waals surface area contributed by atoms with Crippen molar-refractivity contribution < 1.29 is 9.53 Å². The monoisotopic (exact) mass is 289 g/mol. The minimum atomic E-state index is -0.470. The van der Waals surface area contributed by atoms with Crippen molar-refractivity contribution in [3.8, 4) is 18.1 Å². The average Bonchev–Trinajstić information content (AvgIpc) is 2.44. The number of nitrogens with zero attached hydrogens (tertiary/aromatic N) is 1. The van der Waals surface area contributed by atoms with Gasteiger partial charge >= 0.3 is 0 Å². The van der Waals surface area contributed by atoms with Gasteiger partial charge in [0, 0.05) is 18.3 Å². The highest BCUT2D eigenvalue weighted by atomic mass is 35.5. The summed E-state index contributed by atoms with van der Waals surface area (Å²) >= 11 is 5.96.